The lowest BCUT2D eigenvalue weighted by molar-refractivity contribution is -0.123. The average Bonchev–Trinajstić information content (AvgIpc) is 3.03. The summed E-state index contributed by atoms with van der Waals surface area (Å²) in [6, 6.07) is 0.398. The van der Waals surface area contributed by atoms with Crippen molar-refractivity contribution in [3.8, 4) is 0 Å². The minimum absolute atomic E-state index is 0.00583. The van der Waals surface area contributed by atoms with Gasteiger partial charge in [-0.2, -0.15) is 0 Å². The minimum Gasteiger partial charge on any atom is -0.393 e. The van der Waals surface area contributed by atoms with Crippen molar-refractivity contribution in [1.82, 2.24) is 5.32 Å². The molecule has 84 valence electrons. The largest absolute Gasteiger partial charge is 0.393 e. The van der Waals surface area contributed by atoms with Crippen LogP contribution in [0.4, 0.5) is 0 Å². The minimum atomic E-state index is -0.333. The SMILES string of the molecule is CC(C(=O)NC(C1CC1)C1CC1)C(N)=S. The van der Waals surface area contributed by atoms with Crippen LogP contribution in [0, 0.1) is 17.8 Å². The summed E-state index contributed by atoms with van der Waals surface area (Å²) in [7, 11) is 0. The molecule has 0 radical (unpaired) electrons. The second-order valence-corrected chi connectivity index (χ2v) is 5.30. The van der Waals surface area contributed by atoms with Gasteiger partial charge in [0.1, 0.15) is 0 Å². The Kier molecular flexibility index (Phi) is 2.96. The molecule has 1 unspecified atom stereocenters. The third kappa shape index (κ3) is 2.68. The first-order chi connectivity index (χ1) is 7.09. The van der Waals surface area contributed by atoms with Gasteiger partial charge in [-0.3, -0.25) is 4.79 Å². The zero-order chi connectivity index (χ0) is 11.0. The summed E-state index contributed by atoms with van der Waals surface area (Å²) in [5.41, 5.74) is 5.47. The fourth-order valence-corrected chi connectivity index (χ4v) is 2.06. The molecule has 0 aliphatic heterocycles. The number of hydrogen-bond donors (Lipinski definition) is 2. The molecule has 0 spiro atoms. The molecule has 4 heteroatoms. The number of nitrogens with one attached hydrogen (secondary N) is 1. The number of carbonyl (C=O) groups excluding carboxylic acids is 1. The van der Waals surface area contributed by atoms with Crippen LogP contribution in [0.1, 0.15) is 32.6 Å². The lowest BCUT2D eigenvalue weighted by Gasteiger charge is -2.20. The van der Waals surface area contributed by atoms with Gasteiger partial charge < -0.3 is 11.1 Å². The highest BCUT2D eigenvalue weighted by Crippen LogP contribution is 2.44. The fourth-order valence-electron chi connectivity index (χ4n) is 1.95. The Hall–Kier alpha value is -0.640. The van der Waals surface area contributed by atoms with Crippen molar-refractivity contribution in [3.63, 3.8) is 0 Å². The van der Waals surface area contributed by atoms with Gasteiger partial charge in [0.15, 0.2) is 0 Å². The Morgan fingerprint density at radius 1 is 1.33 bits per heavy atom. The zero-order valence-electron chi connectivity index (χ0n) is 9.03. The smallest absolute Gasteiger partial charge is 0.229 e. The molecule has 3 N–H and O–H groups in total. The molecular formula is C11H18N2OS. The molecular weight excluding hydrogens is 208 g/mol. The summed E-state index contributed by atoms with van der Waals surface area (Å²) >= 11 is 4.83. The highest BCUT2D eigenvalue weighted by atomic mass is 32.1. The third-order valence-corrected chi connectivity index (χ3v) is 3.74. The van der Waals surface area contributed by atoms with E-state index >= 15 is 0 Å². The van der Waals surface area contributed by atoms with Crippen molar-refractivity contribution in [2.45, 2.75) is 38.6 Å². The maximum absolute atomic E-state index is 11.8. The summed E-state index contributed by atoms with van der Waals surface area (Å²) in [5, 5.41) is 3.12. The van der Waals surface area contributed by atoms with Gasteiger partial charge in [-0.05, 0) is 44.4 Å². The maximum Gasteiger partial charge on any atom is 0.229 e. The van der Waals surface area contributed by atoms with E-state index in [1.807, 2.05) is 0 Å². The van der Waals surface area contributed by atoms with Crippen molar-refractivity contribution in [3.05, 3.63) is 0 Å². The molecule has 0 heterocycles. The molecule has 0 aromatic carbocycles. The zero-order valence-corrected chi connectivity index (χ0v) is 9.85. The highest BCUT2D eigenvalue weighted by molar-refractivity contribution is 7.80. The molecule has 0 aromatic rings. The van der Waals surface area contributed by atoms with E-state index in [-0.39, 0.29) is 16.8 Å². The van der Waals surface area contributed by atoms with Gasteiger partial charge >= 0.3 is 0 Å². The van der Waals surface area contributed by atoms with Crippen molar-refractivity contribution in [1.29, 1.82) is 0 Å². The van der Waals surface area contributed by atoms with E-state index in [9.17, 15) is 4.79 Å². The summed E-state index contributed by atoms with van der Waals surface area (Å²) in [6.07, 6.45) is 5.07. The molecule has 1 atom stereocenters. The average molecular weight is 226 g/mol. The molecule has 1 amide bonds. The standard InChI is InChI=1S/C11H18N2OS/c1-6(10(12)15)11(14)13-9(7-2-3-7)8-4-5-8/h6-9H,2-5H2,1H3,(H2,12,15)(H,13,14). The van der Waals surface area contributed by atoms with Crippen LogP contribution in [0.5, 0.6) is 0 Å². The predicted molar refractivity (Wildman–Crippen MR) is 63.3 cm³/mol. The summed E-state index contributed by atoms with van der Waals surface area (Å²) in [4.78, 5) is 12.1. The van der Waals surface area contributed by atoms with Gasteiger partial charge in [0.25, 0.3) is 0 Å². The van der Waals surface area contributed by atoms with E-state index in [4.69, 9.17) is 18.0 Å². The van der Waals surface area contributed by atoms with Gasteiger partial charge in [0.2, 0.25) is 5.91 Å². The van der Waals surface area contributed by atoms with Crippen LogP contribution >= 0.6 is 12.2 Å². The Morgan fingerprint density at radius 2 is 1.80 bits per heavy atom. The quantitative estimate of drug-likeness (QED) is 0.693. The predicted octanol–water partition coefficient (Wildman–Crippen LogP) is 1.21. The number of thiocarbonyl (C=S) groups is 1. The van der Waals surface area contributed by atoms with E-state index in [1.165, 1.54) is 25.7 Å². The second kappa shape index (κ2) is 4.08. The maximum atomic E-state index is 11.8. The van der Waals surface area contributed by atoms with Crippen LogP contribution < -0.4 is 11.1 Å². The fraction of sp³-hybridized carbons (Fsp3) is 0.818. The van der Waals surface area contributed by atoms with Gasteiger partial charge in [-0.25, -0.2) is 0 Å². The molecule has 2 saturated carbocycles. The normalized spacial score (nSPS) is 22.5. The van der Waals surface area contributed by atoms with E-state index in [0.29, 0.717) is 6.04 Å². The van der Waals surface area contributed by atoms with Gasteiger partial charge in [-0.15, -0.1) is 0 Å². The summed E-state index contributed by atoms with van der Waals surface area (Å²) < 4.78 is 0. The number of hydrogen-bond acceptors (Lipinski definition) is 2. The molecule has 0 aromatic heterocycles. The van der Waals surface area contributed by atoms with Crippen molar-refractivity contribution in [2.75, 3.05) is 0 Å². The van der Waals surface area contributed by atoms with Crippen molar-refractivity contribution >= 4 is 23.1 Å². The van der Waals surface area contributed by atoms with Crippen LogP contribution in [0.3, 0.4) is 0 Å². The first kappa shape index (κ1) is 10.9. The lowest BCUT2D eigenvalue weighted by atomic mass is 10.1. The first-order valence-corrected chi connectivity index (χ1v) is 6.10. The molecule has 2 aliphatic carbocycles. The topological polar surface area (TPSA) is 55.1 Å². The van der Waals surface area contributed by atoms with Crippen LogP contribution in [0.15, 0.2) is 0 Å². The Morgan fingerprint density at radius 3 is 2.13 bits per heavy atom. The highest BCUT2D eigenvalue weighted by Gasteiger charge is 2.42. The number of carbonyl (C=O) groups is 1. The van der Waals surface area contributed by atoms with E-state index in [1.54, 1.807) is 6.92 Å². The number of nitrogens with two attached hydrogens (primary N) is 1. The van der Waals surface area contributed by atoms with Gasteiger partial charge in [0, 0.05) is 6.04 Å². The first-order valence-electron chi connectivity index (χ1n) is 5.69. The monoisotopic (exact) mass is 226 g/mol. The Balaban J connectivity index is 1.88. The second-order valence-electron chi connectivity index (χ2n) is 4.83. The molecule has 2 fully saturated rings. The number of amides is 1. The van der Waals surface area contributed by atoms with Gasteiger partial charge in [-0.1, -0.05) is 12.2 Å². The van der Waals surface area contributed by atoms with E-state index in [2.05, 4.69) is 5.32 Å². The molecule has 2 rings (SSSR count). The van der Waals surface area contributed by atoms with Crippen molar-refractivity contribution < 1.29 is 4.79 Å². The summed E-state index contributed by atoms with van der Waals surface area (Å²) in [5.74, 6) is 1.12. The third-order valence-electron chi connectivity index (χ3n) is 3.39. The van der Waals surface area contributed by atoms with Crippen LogP contribution in [0.25, 0.3) is 0 Å². The van der Waals surface area contributed by atoms with E-state index in [0.717, 1.165) is 11.8 Å². The van der Waals surface area contributed by atoms with Crippen LogP contribution in [0.2, 0.25) is 0 Å². The number of rotatable bonds is 5. The van der Waals surface area contributed by atoms with E-state index < -0.39 is 0 Å². The molecule has 0 bridgehead atoms. The van der Waals surface area contributed by atoms with Crippen LogP contribution in [-0.2, 0) is 4.79 Å². The van der Waals surface area contributed by atoms with Crippen LogP contribution in [-0.4, -0.2) is 16.9 Å². The Labute approximate surface area is 95.8 Å². The molecule has 15 heavy (non-hydrogen) atoms. The summed E-state index contributed by atoms with van der Waals surface area (Å²) in [6.45, 7) is 1.77. The molecule has 0 saturated heterocycles. The molecule has 2 aliphatic rings. The Bertz CT molecular complexity index is 272. The van der Waals surface area contributed by atoms with Crippen molar-refractivity contribution in [2.24, 2.45) is 23.5 Å². The van der Waals surface area contributed by atoms with Gasteiger partial charge in [0.05, 0.1) is 10.9 Å². The lowest BCUT2D eigenvalue weighted by Crippen LogP contribution is -2.43. The molecule has 3 nitrogen and oxygen atoms in total.